The van der Waals surface area contributed by atoms with Gasteiger partial charge in [0.1, 0.15) is 36.0 Å². The summed E-state index contributed by atoms with van der Waals surface area (Å²) in [5.74, 6) is 0.772. The van der Waals surface area contributed by atoms with E-state index in [4.69, 9.17) is 24.1 Å². The van der Waals surface area contributed by atoms with Crippen molar-refractivity contribution in [2.75, 3.05) is 26.9 Å². The van der Waals surface area contributed by atoms with Crippen LogP contribution < -0.4 is 19.3 Å². The molecule has 0 saturated heterocycles. The Labute approximate surface area is 157 Å². The van der Waals surface area contributed by atoms with E-state index in [2.05, 4.69) is 0 Å². The first-order valence-corrected chi connectivity index (χ1v) is 9.63. The predicted octanol–water partition coefficient (Wildman–Crippen LogP) is 1.98. The summed E-state index contributed by atoms with van der Waals surface area (Å²) < 4.78 is 43.9. The second kappa shape index (κ2) is 9.24. The number of benzene rings is 2. The molecule has 0 unspecified atom stereocenters. The molecule has 2 rings (SSSR count). The number of methoxy groups -OCH3 is 1. The first-order chi connectivity index (χ1) is 12.8. The lowest BCUT2D eigenvalue weighted by Gasteiger charge is -2.11. The van der Waals surface area contributed by atoms with Crippen LogP contribution in [0.15, 0.2) is 47.4 Å². The number of carbonyl (C=O) groups is 1. The summed E-state index contributed by atoms with van der Waals surface area (Å²) in [5, 5.41) is 5.08. The molecule has 2 aromatic rings. The zero-order valence-electron chi connectivity index (χ0n) is 15.0. The normalized spacial score (nSPS) is 10.9. The lowest BCUT2D eigenvalue weighted by atomic mass is 10.2. The number of ether oxygens (including phenoxy) is 4. The van der Waals surface area contributed by atoms with Crippen molar-refractivity contribution in [3.8, 4) is 17.2 Å². The average Bonchev–Trinajstić information content (AvgIpc) is 2.65. The van der Waals surface area contributed by atoms with Crippen LogP contribution in [0, 0.1) is 0 Å². The number of hydrogen-bond donors (Lipinski definition) is 1. The van der Waals surface area contributed by atoms with Crippen molar-refractivity contribution in [2.45, 2.75) is 11.8 Å². The van der Waals surface area contributed by atoms with Gasteiger partial charge in [-0.25, -0.2) is 18.4 Å². The van der Waals surface area contributed by atoms with Crippen LogP contribution >= 0.6 is 0 Å². The van der Waals surface area contributed by atoms with E-state index in [0.29, 0.717) is 12.4 Å². The van der Waals surface area contributed by atoms with E-state index in [1.165, 1.54) is 19.2 Å². The molecule has 0 aliphatic rings. The van der Waals surface area contributed by atoms with Gasteiger partial charge < -0.3 is 18.9 Å². The maximum atomic E-state index is 12.2. The van der Waals surface area contributed by atoms with Crippen LogP contribution in [0.1, 0.15) is 17.3 Å². The molecule has 0 aliphatic heterocycles. The highest BCUT2D eigenvalue weighted by Gasteiger charge is 2.18. The first-order valence-electron chi connectivity index (χ1n) is 8.08. The molecule has 0 bridgehead atoms. The SMILES string of the molecule is CCOc1ccc(OCCOC(=O)c2cc(S(N)(=O)=O)ccc2OC)cc1. The van der Waals surface area contributed by atoms with Crippen molar-refractivity contribution in [3.63, 3.8) is 0 Å². The second-order valence-corrected chi connectivity index (χ2v) is 6.86. The molecule has 0 heterocycles. The van der Waals surface area contributed by atoms with Crippen LogP contribution in [0.4, 0.5) is 0 Å². The largest absolute Gasteiger partial charge is 0.496 e. The fourth-order valence-corrected chi connectivity index (χ4v) is 2.73. The Hall–Kier alpha value is -2.78. The number of esters is 1. The van der Waals surface area contributed by atoms with E-state index < -0.39 is 16.0 Å². The topological polar surface area (TPSA) is 114 Å². The van der Waals surface area contributed by atoms with Crippen molar-refractivity contribution >= 4 is 16.0 Å². The van der Waals surface area contributed by atoms with E-state index >= 15 is 0 Å². The van der Waals surface area contributed by atoms with Gasteiger partial charge in [-0.15, -0.1) is 0 Å². The van der Waals surface area contributed by atoms with Crippen molar-refractivity contribution in [1.82, 2.24) is 0 Å². The van der Waals surface area contributed by atoms with Crippen LogP contribution in [0.3, 0.4) is 0 Å². The molecule has 2 N–H and O–H groups in total. The molecule has 0 radical (unpaired) electrons. The van der Waals surface area contributed by atoms with E-state index in [0.717, 1.165) is 11.8 Å². The van der Waals surface area contributed by atoms with E-state index in [-0.39, 0.29) is 29.4 Å². The minimum atomic E-state index is -3.95. The van der Waals surface area contributed by atoms with E-state index in [1.807, 2.05) is 6.92 Å². The third-order valence-corrected chi connectivity index (χ3v) is 4.35. The van der Waals surface area contributed by atoms with Crippen LogP contribution in [-0.4, -0.2) is 41.3 Å². The van der Waals surface area contributed by atoms with Gasteiger partial charge in [0, 0.05) is 0 Å². The molecule has 2 aromatic carbocycles. The standard InChI is InChI=1S/C18H21NO7S/c1-3-24-13-4-6-14(7-5-13)25-10-11-26-18(20)16-12-15(27(19,21)22)8-9-17(16)23-2/h4-9,12H,3,10-11H2,1-2H3,(H2,19,21,22). The average molecular weight is 395 g/mol. The van der Waals surface area contributed by atoms with Gasteiger partial charge in [-0.1, -0.05) is 0 Å². The van der Waals surface area contributed by atoms with Crippen molar-refractivity contribution < 1.29 is 32.2 Å². The molecular weight excluding hydrogens is 374 g/mol. The van der Waals surface area contributed by atoms with Crippen LogP contribution in [-0.2, 0) is 14.8 Å². The maximum Gasteiger partial charge on any atom is 0.342 e. The summed E-state index contributed by atoms with van der Waals surface area (Å²) in [6.45, 7) is 2.56. The predicted molar refractivity (Wildman–Crippen MR) is 97.8 cm³/mol. The molecule has 9 heteroatoms. The highest BCUT2D eigenvalue weighted by Crippen LogP contribution is 2.23. The summed E-state index contributed by atoms with van der Waals surface area (Å²) >= 11 is 0. The van der Waals surface area contributed by atoms with Crippen LogP contribution in [0.25, 0.3) is 0 Å². The lowest BCUT2D eigenvalue weighted by Crippen LogP contribution is -2.16. The van der Waals surface area contributed by atoms with Crippen molar-refractivity contribution in [1.29, 1.82) is 0 Å². The zero-order valence-corrected chi connectivity index (χ0v) is 15.8. The minimum absolute atomic E-state index is 0.0329. The van der Waals surface area contributed by atoms with Crippen LogP contribution in [0.5, 0.6) is 17.2 Å². The molecule has 0 atom stereocenters. The first kappa shape index (κ1) is 20.5. The number of hydrogen-bond acceptors (Lipinski definition) is 7. The van der Waals surface area contributed by atoms with Gasteiger partial charge in [-0.2, -0.15) is 0 Å². The quantitative estimate of drug-likeness (QED) is 0.510. The van der Waals surface area contributed by atoms with Crippen molar-refractivity contribution in [3.05, 3.63) is 48.0 Å². The monoisotopic (exact) mass is 395 g/mol. The second-order valence-electron chi connectivity index (χ2n) is 5.30. The molecule has 0 saturated carbocycles. The van der Waals surface area contributed by atoms with Gasteiger partial charge in [-0.05, 0) is 49.4 Å². The smallest absolute Gasteiger partial charge is 0.342 e. The highest BCUT2D eigenvalue weighted by molar-refractivity contribution is 7.89. The number of nitrogens with two attached hydrogens (primary N) is 1. The number of sulfonamides is 1. The lowest BCUT2D eigenvalue weighted by molar-refractivity contribution is 0.0446. The van der Waals surface area contributed by atoms with E-state index in [9.17, 15) is 13.2 Å². The van der Waals surface area contributed by atoms with Gasteiger partial charge >= 0.3 is 5.97 Å². The Kier molecular flexibility index (Phi) is 7.03. The summed E-state index contributed by atoms with van der Waals surface area (Å²) in [7, 11) is -2.59. The van der Waals surface area contributed by atoms with Gasteiger partial charge in [0.05, 0.1) is 18.6 Å². The zero-order chi connectivity index (χ0) is 19.9. The Bertz CT molecular complexity index is 879. The highest BCUT2D eigenvalue weighted by atomic mass is 32.2. The van der Waals surface area contributed by atoms with Crippen molar-refractivity contribution in [2.24, 2.45) is 5.14 Å². The minimum Gasteiger partial charge on any atom is -0.496 e. The summed E-state index contributed by atoms with van der Waals surface area (Å²) in [4.78, 5) is 12.0. The Morgan fingerprint density at radius 1 is 1.00 bits per heavy atom. The molecule has 0 aliphatic carbocycles. The summed E-state index contributed by atoms with van der Waals surface area (Å²) in [5.41, 5.74) is -0.0370. The summed E-state index contributed by atoms with van der Waals surface area (Å²) in [6.07, 6.45) is 0. The Morgan fingerprint density at radius 2 is 1.63 bits per heavy atom. The fourth-order valence-electron chi connectivity index (χ4n) is 2.19. The van der Waals surface area contributed by atoms with Crippen LogP contribution in [0.2, 0.25) is 0 Å². The molecule has 27 heavy (non-hydrogen) atoms. The number of primary sulfonamides is 1. The number of carbonyl (C=O) groups excluding carboxylic acids is 1. The molecule has 0 fully saturated rings. The summed E-state index contributed by atoms with van der Waals surface area (Å²) in [6, 6.07) is 10.7. The molecule has 0 amide bonds. The molecule has 146 valence electrons. The van der Waals surface area contributed by atoms with Gasteiger partial charge in [-0.3, -0.25) is 0 Å². The fraction of sp³-hybridized carbons (Fsp3) is 0.278. The Balaban J connectivity index is 1.93. The Morgan fingerprint density at radius 3 is 2.19 bits per heavy atom. The van der Waals surface area contributed by atoms with Gasteiger partial charge in [0.25, 0.3) is 0 Å². The maximum absolute atomic E-state index is 12.2. The number of rotatable bonds is 9. The molecule has 0 aromatic heterocycles. The molecule has 0 spiro atoms. The molecular formula is C18H21NO7S. The van der Waals surface area contributed by atoms with E-state index in [1.54, 1.807) is 24.3 Å². The van der Waals surface area contributed by atoms with Gasteiger partial charge in [0.15, 0.2) is 0 Å². The molecule has 8 nitrogen and oxygen atoms in total. The van der Waals surface area contributed by atoms with Gasteiger partial charge in [0.2, 0.25) is 10.0 Å². The third kappa shape index (κ3) is 5.87. The third-order valence-electron chi connectivity index (χ3n) is 3.44.